The van der Waals surface area contributed by atoms with Crippen LogP contribution in [-0.2, 0) is 14.8 Å². The standard InChI is InChI=1S/C27H30N4O5S/c1-28-14-15-31(37(4,33)34)20-12-10-19(11-13-20)29-26(18-8-6-5-7-9-18)25-21-16-23(35-2)24(36-3)17-22(21)30-27(25)32/h5-13,16-17,25,28H,14-15H2,1-4H3,(H,30,32). The van der Waals surface area contributed by atoms with E-state index < -0.39 is 15.9 Å². The van der Waals surface area contributed by atoms with Crippen molar-refractivity contribution >= 4 is 38.7 Å². The number of anilines is 2. The summed E-state index contributed by atoms with van der Waals surface area (Å²) in [6, 6.07) is 20.0. The van der Waals surface area contributed by atoms with Gasteiger partial charge in [-0.3, -0.25) is 14.1 Å². The van der Waals surface area contributed by atoms with E-state index in [1.165, 1.54) is 10.6 Å². The zero-order valence-corrected chi connectivity index (χ0v) is 22.0. The van der Waals surface area contributed by atoms with Crippen LogP contribution in [-0.4, -0.2) is 60.6 Å². The average Bonchev–Trinajstić information content (AvgIpc) is 3.21. The van der Waals surface area contributed by atoms with Crippen molar-refractivity contribution in [1.82, 2.24) is 5.32 Å². The largest absolute Gasteiger partial charge is 0.493 e. The molecule has 37 heavy (non-hydrogen) atoms. The summed E-state index contributed by atoms with van der Waals surface area (Å²) in [5.41, 5.74) is 3.86. The van der Waals surface area contributed by atoms with Gasteiger partial charge in [0.2, 0.25) is 15.9 Å². The Labute approximate surface area is 217 Å². The van der Waals surface area contributed by atoms with Gasteiger partial charge in [-0.1, -0.05) is 30.3 Å². The van der Waals surface area contributed by atoms with E-state index in [1.807, 2.05) is 30.3 Å². The number of carbonyl (C=O) groups is 1. The molecule has 0 spiro atoms. The van der Waals surface area contributed by atoms with E-state index in [9.17, 15) is 13.2 Å². The summed E-state index contributed by atoms with van der Waals surface area (Å²) in [5, 5.41) is 5.91. The zero-order chi connectivity index (χ0) is 26.6. The second-order valence-electron chi connectivity index (χ2n) is 8.53. The van der Waals surface area contributed by atoms with Gasteiger partial charge in [0, 0.05) is 24.8 Å². The van der Waals surface area contributed by atoms with Crippen LogP contribution < -0.4 is 24.4 Å². The molecule has 0 radical (unpaired) electrons. The van der Waals surface area contributed by atoms with Crippen molar-refractivity contribution in [1.29, 1.82) is 0 Å². The monoisotopic (exact) mass is 522 g/mol. The number of hydrogen-bond donors (Lipinski definition) is 2. The molecule has 0 fully saturated rings. The highest BCUT2D eigenvalue weighted by Crippen LogP contribution is 2.42. The SMILES string of the molecule is CNCCN(c1ccc(N=C(c2ccccc2)C2C(=O)Nc3cc(OC)c(OC)cc32)cc1)S(C)(=O)=O. The molecular weight excluding hydrogens is 492 g/mol. The van der Waals surface area contributed by atoms with Crippen molar-refractivity contribution in [3.63, 3.8) is 0 Å². The highest BCUT2D eigenvalue weighted by molar-refractivity contribution is 7.92. The van der Waals surface area contributed by atoms with Crippen LogP contribution >= 0.6 is 0 Å². The fourth-order valence-electron chi connectivity index (χ4n) is 4.30. The predicted octanol–water partition coefficient (Wildman–Crippen LogP) is 3.55. The normalized spacial score (nSPS) is 15.2. The Bertz CT molecular complexity index is 1410. The number of aliphatic imine (C=N–C) groups is 1. The molecule has 10 heteroatoms. The third kappa shape index (κ3) is 5.60. The van der Waals surface area contributed by atoms with Gasteiger partial charge >= 0.3 is 0 Å². The lowest BCUT2D eigenvalue weighted by molar-refractivity contribution is -0.115. The first-order chi connectivity index (χ1) is 17.8. The van der Waals surface area contributed by atoms with Crippen LogP contribution in [0.15, 0.2) is 71.7 Å². The van der Waals surface area contributed by atoms with E-state index in [4.69, 9.17) is 14.5 Å². The number of methoxy groups -OCH3 is 2. The lowest BCUT2D eigenvalue weighted by Gasteiger charge is -2.22. The quantitative estimate of drug-likeness (QED) is 0.394. The molecule has 0 bridgehead atoms. The number of ether oxygens (including phenoxy) is 2. The van der Waals surface area contributed by atoms with E-state index in [0.717, 1.165) is 11.1 Å². The predicted molar refractivity (Wildman–Crippen MR) is 146 cm³/mol. The number of hydrogen-bond acceptors (Lipinski definition) is 7. The Morgan fingerprint density at radius 1 is 1.03 bits per heavy atom. The van der Waals surface area contributed by atoms with Crippen LogP contribution in [0, 0.1) is 0 Å². The van der Waals surface area contributed by atoms with Crippen molar-refractivity contribution in [2.75, 3.05) is 50.2 Å². The van der Waals surface area contributed by atoms with Crippen molar-refractivity contribution in [3.05, 3.63) is 77.9 Å². The maximum absolute atomic E-state index is 13.2. The molecule has 1 atom stereocenters. The molecular formula is C27H30N4O5S. The highest BCUT2D eigenvalue weighted by atomic mass is 32.2. The molecule has 3 aromatic rings. The molecule has 3 aromatic carbocycles. The smallest absolute Gasteiger partial charge is 0.238 e. The van der Waals surface area contributed by atoms with Gasteiger partial charge in [0.25, 0.3) is 0 Å². The number of nitrogens with one attached hydrogen (secondary N) is 2. The van der Waals surface area contributed by atoms with Gasteiger partial charge in [-0.15, -0.1) is 0 Å². The fourth-order valence-corrected chi connectivity index (χ4v) is 5.22. The third-order valence-electron chi connectivity index (χ3n) is 6.08. The number of carbonyl (C=O) groups excluding carboxylic acids is 1. The Morgan fingerprint density at radius 2 is 1.68 bits per heavy atom. The Morgan fingerprint density at radius 3 is 2.27 bits per heavy atom. The molecule has 194 valence electrons. The molecule has 1 aliphatic heterocycles. The first kappa shape index (κ1) is 26.2. The van der Waals surface area contributed by atoms with Crippen LogP contribution in [0.4, 0.5) is 17.1 Å². The first-order valence-corrected chi connectivity index (χ1v) is 13.5. The molecule has 2 N–H and O–H groups in total. The van der Waals surface area contributed by atoms with E-state index in [0.29, 0.717) is 47.4 Å². The molecule has 4 rings (SSSR count). The molecule has 0 aromatic heterocycles. The minimum atomic E-state index is -3.45. The number of fused-ring (bicyclic) bond motifs is 1. The van der Waals surface area contributed by atoms with Crippen LogP contribution in [0.1, 0.15) is 17.0 Å². The van der Waals surface area contributed by atoms with E-state index in [-0.39, 0.29) is 5.91 Å². The van der Waals surface area contributed by atoms with Crippen LogP contribution in [0.2, 0.25) is 0 Å². The van der Waals surface area contributed by atoms with Crippen molar-refractivity contribution in [2.24, 2.45) is 4.99 Å². The number of nitrogens with zero attached hydrogens (tertiary/aromatic N) is 2. The third-order valence-corrected chi connectivity index (χ3v) is 7.28. The molecule has 0 aliphatic carbocycles. The minimum absolute atomic E-state index is 0.208. The van der Waals surface area contributed by atoms with Crippen molar-refractivity contribution in [2.45, 2.75) is 5.92 Å². The topological polar surface area (TPSA) is 109 Å². The zero-order valence-electron chi connectivity index (χ0n) is 21.2. The Hall–Kier alpha value is -3.89. The second-order valence-corrected chi connectivity index (χ2v) is 10.4. The number of benzene rings is 3. The van der Waals surface area contributed by atoms with Gasteiger partial charge in [0.15, 0.2) is 11.5 Å². The Balaban J connectivity index is 1.78. The highest BCUT2D eigenvalue weighted by Gasteiger charge is 2.36. The van der Waals surface area contributed by atoms with E-state index >= 15 is 0 Å². The van der Waals surface area contributed by atoms with Crippen molar-refractivity contribution in [3.8, 4) is 11.5 Å². The van der Waals surface area contributed by atoms with Gasteiger partial charge in [-0.05, 0) is 48.5 Å². The minimum Gasteiger partial charge on any atom is -0.493 e. The van der Waals surface area contributed by atoms with Gasteiger partial charge in [-0.2, -0.15) is 0 Å². The summed E-state index contributed by atoms with van der Waals surface area (Å²) in [4.78, 5) is 18.1. The summed E-state index contributed by atoms with van der Waals surface area (Å²) in [6.45, 7) is 0.813. The van der Waals surface area contributed by atoms with Crippen LogP contribution in [0.3, 0.4) is 0 Å². The summed E-state index contributed by atoms with van der Waals surface area (Å²) in [5.74, 6) is 0.145. The Kier molecular flexibility index (Phi) is 7.80. The molecule has 9 nitrogen and oxygen atoms in total. The van der Waals surface area contributed by atoms with E-state index in [1.54, 1.807) is 57.7 Å². The summed E-state index contributed by atoms with van der Waals surface area (Å²) in [6.07, 6.45) is 1.18. The van der Waals surface area contributed by atoms with Gasteiger partial charge in [0.05, 0.1) is 37.6 Å². The summed E-state index contributed by atoms with van der Waals surface area (Å²) < 4.78 is 36.8. The average molecular weight is 523 g/mol. The maximum Gasteiger partial charge on any atom is 0.238 e. The lowest BCUT2D eigenvalue weighted by atomic mass is 9.90. The molecule has 1 amide bonds. The molecule has 1 aliphatic rings. The first-order valence-electron chi connectivity index (χ1n) is 11.7. The second kappa shape index (κ2) is 11.0. The maximum atomic E-state index is 13.2. The molecule has 1 heterocycles. The molecule has 0 saturated carbocycles. The van der Waals surface area contributed by atoms with E-state index in [2.05, 4.69) is 10.6 Å². The summed E-state index contributed by atoms with van der Waals surface area (Å²) in [7, 11) is 1.41. The number of amides is 1. The molecule has 0 saturated heterocycles. The van der Waals surface area contributed by atoms with Crippen LogP contribution in [0.25, 0.3) is 0 Å². The van der Waals surface area contributed by atoms with Gasteiger partial charge < -0.3 is 20.1 Å². The fraction of sp³-hybridized carbons (Fsp3) is 0.259. The lowest BCUT2D eigenvalue weighted by Crippen LogP contribution is -2.35. The van der Waals surface area contributed by atoms with Gasteiger partial charge in [0.1, 0.15) is 5.92 Å². The number of rotatable bonds is 10. The summed E-state index contributed by atoms with van der Waals surface area (Å²) >= 11 is 0. The van der Waals surface area contributed by atoms with Crippen LogP contribution in [0.5, 0.6) is 11.5 Å². The number of likely N-dealkylation sites (N-methyl/N-ethyl adjacent to an activating group) is 1. The molecule has 1 unspecified atom stereocenters. The van der Waals surface area contributed by atoms with Crippen molar-refractivity contribution < 1.29 is 22.7 Å². The number of sulfonamides is 1. The van der Waals surface area contributed by atoms with Gasteiger partial charge in [-0.25, -0.2) is 8.42 Å².